The van der Waals surface area contributed by atoms with Gasteiger partial charge >= 0.3 is 0 Å². The molecule has 0 aliphatic rings. The monoisotopic (exact) mass is 326 g/mol. The second-order valence-corrected chi connectivity index (χ2v) is 6.10. The number of halogens is 1. The Labute approximate surface area is 136 Å². The number of para-hydroxylation sites is 1. The maximum atomic E-state index is 10.4. The molecule has 3 aromatic rings. The highest BCUT2D eigenvalue weighted by molar-refractivity contribution is 7.19. The molecule has 0 amide bonds. The van der Waals surface area contributed by atoms with Crippen molar-refractivity contribution in [2.24, 2.45) is 0 Å². The van der Waals surface area contributed by atoms with Gasteiger partial charge in [0, 0.05) is 0 Å². The molecule has 0 spiro atoms. The van der Waals surface area contributed by atoms with Crippen molar-refractivity contribution in [3.8, 4) is 6.07 Å². The van der Waals surface area contributed by atoms with Crippen molar-refractivity contribution in [1.82, 2.24) is 4.98 Å². The van der Waals surface area contributed by atoms with E-state index in [1.165, 1.54) is 11.3 Å². The second kappa shape index (κ2) is 6.18. The van der Waals surface area contributed by atoms with E-state index in [-0.39, 0.29) is 11.3 Å². The summed E-state index contributed by atoms with van der Waals surface area (Å²) < 4.78 is 0.962. The number of thiazole rings is 1. The fraction of sp³-hybridized carbons (Fsp3) is 0.0588. The molecule has 0 aliphatic carbocycles. The minimum Gasteiger partial charge on any atom is -0.509 e. The summed E-state index contributed by atoms with van der Waals surface area (Å²) >= 11 is 7.66. The maximum Gasteiger partial charge on any atom is 0.138 e. The van der Waals surface area contributed by atoms with Crippen LogP contribution in [0.4, 0.5) is 0 Å². The maximum absolute atomic E-state index is 10.4. The van der Waals surface area contributed by atoms with Crippen molar-refractivity contribution >= 4 is 38.7 Å². The summed E-state index contributed by atoms with van der Waals surface area (Å²) in [5, 5.41) is 19.5. The lowest BCUT2D eigenvalue weighted by Gasteiger charge is -2.10. The van der Waals surface area contributed by atoms with Crippen molar-refractivity contribution < 1.29 is 5.11 Å². The summed E-state index contributed by atoms with van der Waals surface area (Å²) in [7, 11) is 0. The van der Waals surface area contributed by atoms with Gasteiger partial charge in [0.1, 0.15) is 27.8 Å². The standard InChI is InChI=1S/C17H11ClN2OS/c18-15(11-6-2-1-3-7-11)16(21)12(10-19)17-20-13-8-4-5-9-14(13)22-17/h1-9,15,21H/b16-12-/t15-/m0/s1. The molecule has 1 aromatic heterocycles. The number of aliphatic hydroxyl groups excluding tert-OH is 1. The van der Waals surface area contributed by atoms with Crippen molar-refractivity contribution in [3.05, 3.63) is 70.9 Å². The van der Waals surface area contributed by atoms with E-state index < -0.39 is 5.38 Å². The van der Waals surface area contributed by atoms with Crippen molar-refractivity contribution in [3.63, 3.8) is 0 Å². The Kier molecular flexibility index (Phi) is 4.10. The fourth-order valence-corrected chi connectivity index (χ4v) is 3.32. The van der Waals surface area contributed by atoms with Crippen molar-refractivity contribution in [2.75, 3.05) is 0 Å². The summed E-state index contributed by atoms with van der Waals surface area (Å²) in [6, 6.07) is 18.8. The molecule has 3 nitrogen and oxygen atoms in total. The summed E-state index contributed by atoms with van der Waals surface area (Å²) in [5.74, 6) is -0.172. The molecule has 22 heavy (non-hydrogen) atoms. The van der Waals surface area contributed by atoms with Crippen LogP contribution in [0.2, 0.25) is 0 Å². The molecule has 108 valence electrons. The number of alkyl halides is 1. The molecule has 0 aliphatic heterocycles. The molecule has 0 unspecified atom stereocenters. The highest BCUT2D eigenvalue weighted by Crippen LogP contribution is 2.34. The first-order valence-corrected chi connectivity index (χ1v) is 7.84. The molecule has 1 N–H and O–H groups in total. The number of hydrogen-bond donors (Lipinski definition) is 1. The molecule has 0 radical (unpaired) electrons. The highest BCUT2D eigenvalue weighted by atomic mass is 35.5. The average Bonchev–Trinajstić information content (AvgIpc) is 2.99. The Hall–Kier alpha value is -2.35. The van der Waals surface area contributed by atoms with Gasteiger partial charge in [-0.2, -0.15) is 5.26 Å². The predicted molar refractivity (Wildman–Crippen MR) is 89.8 cm³/mol. The summed E-state index contributed by atoms with van der Waals surface area (Å²) in [5.41, 5.74) is 1.65. The molecule has 1 heterocycles. The smallest absolute Gasteiger partial charge is 0.138 e. The third-order valence-electron chi connectivity index (χ3n) is 3.21. The zero-order valence-corrected chi connectivity index (χ0v) is 13.0. The zero-order valence-electron chi connectivity index (χ0n) is 11.4. The Bertz CT molecular complexity index is 847. The minimum atomic E-state index is -0.775. The number of aromatic nitrogens is 1. The number of hydrogen-bond acceptors (Lipinski definition) is 4. The molecule has 1 atom stereocenters. The van der Waals surface area contributed by atoms with Crippen LogP contribution >= 0.6 is 22.9 Å². The van der Waals surface area contributed by atoms with Gasteiger partial charge in [-0.15, -0.1) is 22.9 Å². The third-order valence-corrected chi connectivity index (χ3v) is 4.72. The van der Waals surface area contributed by atoms with Gasteiger partial charge in [0.15, 0.2) is 0 Å². The Morgan fingerprint density at radius 3 is 2.50 bits per heavy atom. The van der Waals surface area contributed by atoms with Gasteiger partial charge in [-0.1, -0.05) is 42.5 Å². The fourth-order valence-electron chi connectivity index (χ4n) is 2.10. The third kappa shape index (κ3) is 2.69. The number of aliphatic hydroxyl groups is 1. The molecular formula is C17H11ClN2OS. The first-order chi connectivity index (χ1) is 10.7. The number of fused-ring (bicyclic) bond motifs is 1. The molecule has 2 aromatic carbocycles. The molecule has 3 rings (SSSR count). The lowest BCUT2D eigenvalue weighted by Crippen LogP contribution is -1.98. The highest BCUT2D eigenvalue weighted by Gasteiger charge is 2.21. The molecule has 5 heteroatoms. The average molecular weight is 327 g/mol. The summed E-state index contributed by atoms with van der Waals surface area (Å²) in [4.78, 5) is 4.40. The van der Waals surface area contributed by atoms with Crippen molar-refractivity contribution in [2.45, 2.75) is 5.38 Å². The topological polar surface area (TPSA) is 56.9 Å². The Morgan fingerprint density at radius 2 is 1.82 bits per heavy atom. The SMILES string of the molecule is N#C/C(=C(/O)[C@@H](Cl)c1ccccc1)c1nc2ccccc2s1. The number of benzene rings is 2. The zero-order chi connectivity index (χ0) is 15.5. The van der Waals surface area contributed by atoms with E-state index in [9.17, 15) is 10.4 Å². The first-order valence-electron chi connectivity index (χ1n) is 6.59. The van der Waals surface area contributed by atoms with Crippen LogP contribution in [0, 0.1) is 11.3 Å². The Balaban J connectivity index is 2.07. The molecule has 0 bridgehead atoms. The van der Waals surface area contributed by atoms with Gasteiger partial charge in [0.25, 0.3) is 0 Å². The number of rotatable bonds is 3. The quantitative estimate of drug-likeness (QED) is 0.415. The van der Waals surface area contributed by atoms with Crippen LogP contribution in [0.15, 0.2) is 60.4 Å². The van der Waals surface area contributed by atoms with E-state index in [1.807, 2.05) is 48.5 Å². The lowest BCUT2D eigenvalue weighted by molar-refractivity contribution is 0.397. The van der Waals surface area contributed by atoms with Crippen LogP contribution in [-0.4, -0.2) is 10.1 Å². The van der Waals surface area contributed by atoms with Gasteiger partial charge in [0.2, 0.25) is 0 Å². The number of nitriles is 1. The van der Waals surface area contributed by atoms with Crippen LogP contribution < -0.4 is 0 Å². The van der Waals surface area contributed by atoms with E-state index in [0.717, 1.165) is 15.8 Å². The number of allylic oxidation sites excluding steroid dienone is 2. The van der Waals surface area contributed by atoms with Crippen LogP contribution in [0.1, 0.15) is 15.9 Å². The largest absolute Gasteiger partial charge is 0.509 e. The van der Waals surface area contributed by atoms with Crippen LogP contribution in [0.5, 0.6) is 0 Å². The Morgan fingerprint density at radius 1 is 1.14 bits per heavy atom. The minimum absolute atomic E-state index is 0.116. The van der Waals surface area contributed by atoms with Crippen LogP contribution in [0.3, 0.4) is 0 Å². The molecule has 0 saturated heterocycles. The van der Waals surface area contributed by atoms with E-state index in [2.05, 4.69) is 4.98 Å². The predicted octanol–water partition coefficient (Wildman–Crippen LogP) is 5.07. The van der Waals surface area contributed by atoms with Gasteiger partial charge in [0.05, 0.1) is 10.2 Å². The second-order valence-electron chi connectivity index (χ2n) is 4.63. The van der Waals surface area contributed by atoms with E-state index in [4.69, 9.17) is 11.6 Å². The van der Waals surface area contributed by atoms with E-state index >= 15 is 0 Å². The van der Waals surface area contributed by atoms with Crippen LogP contribution in [0.25, 0.3) is 15.8 Å². The van der Waals surface area contributed by atoms with E-state index in [1.54, 1.807) is 12.1 Å². The summed E-state index contributed by atoms with van der Waals surface area (Å²) in [6.45, 7) is 0. The van der Waals surface area contributed by atoms with Gasteiger partial charge in [-0.3, -0.25) is 0 Å². The normalized spacial score (nSPS) is 13.5. The lowest BCUT2D eigenvalue weighted by atomic mass is 10.1. The van der Waals surface area contributed by atoms with Crippen LogP contribution in [-0.2, 0) is 0 Å². The molecule has 0 saturated carbocycles. The van der Waals surface area contributed by atoms with Crippen molar-refractivity contribution in [1.29, 1.82) is 5.26 Å². The molecule has 0 fully saturated rings. The van der Waals surface area contributed by atoms with E-state index in [0.29, 0.717) is 5.01 Å². The summed E-state index contributed by atoms with van der Waals surface area (Å²) in [6.07, 6.45) is 0. The van der Waals surface area contributed by atoms with Gasteiger partial charge in [-0.05, 0) is 17.7 Å². The van der Waals surface area contributed by atoms with Gasteiger partial charge in [-0.25, -0.2) is 4.98 Å². The van der Waals surface area contributed by atoms with Gasteiger partial charge < -0.3 is 5.11 Å². The number of nitrogens with zero attached hydrogens (tertiary/aromatic N) is 2. The first kappa shape index (κ1) is 14.6. The molecular weight excluding hydrogens is 316 g/mol.